The number of aliphatic carboxylic acids is 1. The molecule has 39 heavy (non-hydrogen) atoms. The lowest BCUT2D eigenvalue weighted by Gasteiger charge is -2.41. The summed E-state index contributed by atoms with van der Waals surface area (Å²) >= 11 is 0. The van der Waals surface area contributed by atoms with Crippen molar-refractivity contribution in [3.63, 3.8) is 0 Å². The Morgan fingerprint density at radius 2 is 1.85 bits per heavy atom. The molecule has 2 aliphatic rings. The smallest absolute Gasteiger partial charge is 0.331 e. The summed E-state index contributed by atoms with van der Waals surface area (Å²) in [6, 6.07) is 5.91. The summed E-state index contributed by atoms with van der Waals surface area (Å²) in [7, 11) is 0. The highest BCUT2D eigenvalue weighted by Crippen LogP contribution is 2.48. The molecule has 0 fully saturated rings. The highest BCUT2D eigenvalue weighted by molar-refractivity contribution is 6.02. The number of nitrogens with zero attached hydrogens (tertiary/aromatic N) is 1. The van der Waals surface area contributed by atoms with Crippen molar-refractivity contribution < 1.29 is 34.8 Å². The van der Waals surface area contributed by atoms with E-state index in [4.69, 9.17) is 4.74 Å². The Hall–Kier alpha value is -3.78. The number of aliphatic hydroxyl groups is 1. The number of carbonyl (C=O) groups is 2. The fraction of sp³-hybridized carbons (Fsp3) is 0.419. The lowest BCUT2D eigenvalue weighted by molar-refractivity contribution is -0.142. The van der Waals surface area contributed by atoms with E-state index < -0.39 is 29.6 Å². The zero-order valence-electron chi connectivity index (χ0n) is 22.9. The molecule has 0 bridgehead atoms. The maximum absolute atomic E-state index is 13.4. The van der Waals surface area contributed by atoms with Gasteiger partial charge in [0.05, 0.1) is 18.2 Å². The molecule has 0 aromatic heterocycles. The van der Waals surface area contributed by atoms with Crippen molar-refractivity contribution in [3.8, 4) is 17.2 Å². The zero-order valence-corrected chi connectivity index (χ0v) is 22.9. The van der Waals surface area contributed by atoms with Crippen LogP contribution >= 0.6 is 0 Å². The van der Waals surface area contributed by atoms with Crippen molar-refractivity contribution in [1.82, 2.24) is 4.90 Å². The summed E-state index contributed by atoms with van der Waals surface area (Å²) in [6.07, 6.45) is 6.75. The normalized spacial score (nSPS) is 21.2. The molecule has 4 rings (SSSR count). The van der Waals surface area contributed by atoms with Gasteiger partial charge in [-0.3, -0.25) is 4.79 Å². The van der Waals surface area contributed by atoms with Crippen LogP contribution in [0.4, 0.5) is 0 Å². The molecular formula is C31H37NO7. The van der Waals surface area contributed by atoms with Crippen LogP contribution in [-0.2, 0) is 17.8 Å². The molecule has 0 spiro atoms. The molecule has 0 radical (unpaired) electrons. The van der Waals surface area contributed by atoms with Crippen LogP contribution in [0.2, 0.25) is 0 Å². The number of benzene rings is 2. The molecule has 2 aliphatic heterocycles. The van der Waals surface area contributed by atoms with Gasteiger partial charge in [-0.15, -0.1) is 0 Å². The molecule has 2 aromatic carbocycles. The van der Waals surface area contributed by atoms with Crippen molar-refractivity contribution in [2.75, 3.05) is 0 Å². The van der Waals surface area contributed by atoms with Crippen LogP contribution in [0.1, 0.15) is 86.5 Å². The van der Waals surface area contributed by atoms with E-state index in [2.05, 4.69) is 32.9 Å². The predicted molar refractivity (Wildman–Crippen MR) is 147 cm³/mol. The predicted octanol–water partition coefficient (Wildman–Crippen LogP) is 5.41. The lowest BCUT2D eigenvalue weighted by atomic mass is 9.84. The number of aliphatic hydroxyl groups excluding tert-OH is 1. The lowest BCUT2D eigenvalue weighted by Crippen LogP contribution is -2.49. The monoisotopic (exact) mass is 535 g/mol. The highest BCUT2D eigenvalue weighted by atomic mass is 16.5. The average molecular weight is 536 g/mol. The molecule has 8 nitrogen and oxygen atoms in total. The summed E-state index contributed by atoms with van der Waals surface area (Å²) in [5.41, 5.74) is 2.70. The van der Waals surface area contributed by atoms with Crippen molar-refractivity contribution >= 4 is 11.9 Å². The number of ether oxygens (including phenoxy) is 1. The number of phenolic OH excluding ortho intramolecular Hbond substituents is 2. The summed E-state index contributed by atoms with van der Waals surface area (Å²) in [5, 5.41) is 42.1. The molecular weight excluding hydrogens is 498 g/mol. The first-order chi connectivity index (χ1) is 18.4. The number of carbonyl (C=O) groups excluding carboxylic acids is 1. The SMILES string of the molecule is CC(C)=CCCC(C)=CCCC1(C)Oc2c(c(O)cc3c2CN(C(C(=O)O)c2ccccc2O)C3=O)CC1O. The maximum atomic E-state index is 13.4. The fourth-order valence-electron chi connectivity index (χ4n) is 5.38. The van der Waals surface area contributed by atoms with Gasteiger partial charge >= 0.3 is 5.97 Å². The third-order valence-corrected chi connectivity index (χ3v) is 7.72. The minimum absolute atomic E-state index is 0.0718. The fourth-order valence-corrected chi connectivity index (χ4v) is 5.38. The number of fused-ring (bicyclic) bond motifs is 3. The van der Waals surface area contributed by atoms with Crippen LogP contribution in [0.25, 0.3) is 0 Å². The number of carboxylic acid groups (broad SMARTS) is 1. The topological polar surface area (TPSA) is 128 Å². The Bertz CT molecular complexity index is 1340. The Morgan fingerprint density at radius 1 is 1.13 bits per heavy atom. The highest BCUT2D eigenvalue weighted by Gasteiger charge is 2.46. The molecule has 2 aromatic rings. The van der Waals surface area contributed by atoms with Crippen molar-refractivity contribution in [2.45, 2.75) is 84.1 Å². The van der Waals surface area contributed by atoms with Crippen molar-refractivity contribution in [3.05, 3.63) is 75.9 Å². The molecule has 3 unspecified atom stereocenters. The second-order valence-electron chi connectivity index (χ2n) is 11.0. The van der Waals surface area contributed by atoms with Crippen molar-refractivity contribution in [2.24, 2.45) is 0 Å². The number of rotatable bonds is 9. The molecule has 3 atom stereocenters. The summed E-state index contributed by atoms with van der Waals surface area (Å²) in [5.74, 6) is -1.95. The van der Waals surface area contributed by atoms with Crippen LogP contribution in [0.15, 0.2) is 53.6 Å². The molecule has 208 valence electrons. The van der Waals surface area contributed by atoms with E-state index in [1.54, 1.807) is 12.1 Å². The third kappa shape index (κ3) is 5.66. The zero-order chi connectivity index (χ0) is 28.5. The number of para-hydroxylation sites is 1. The number of allylic oxidation sites excluding steroid dienone is 4. The van der Waals surface area contributed by atoms with Gasteiger partial charge in [0.15, 0.2) is 6.04 Å². The van der Waals surface area contributed by atoms with E-state index in [1.807, 2.05) is 6.92 Å². The maximum Gasteiger partial charge on any atom is 0.331 e. The first kappa shape index (κ1) is 28.2. The average Bonchev–Trinajstić information content (AvgIpc) is 3.17. The number of phenols is 2. The van der Waals surface area contributed by atoms with E-state index in [0.717, 1.165) is 17.7 Å². The van der Waals surface area contributed by atoms with Gasteiger partial charge in [-0.05, 0) is 65.5 Å². The van der Waals surface area contributed by atoms with Crippen LogP contribution in [0.3, 0.4) is 0 Å². The third-order valence-electron chi connectivity index (χ3n) is 7.72. The van der Waals surface area contributed by atoms with Crippen molar-refractivity contribution in [1.29, 1.82) is 0 Å². The van der Waals surface area contributed by atoms with Crippen LogP contribution in [0, 0.1) is 0 Å². The van der Waals surface area contributed by atoms with E-state index in [0.29, 0.717) is 29.7 Å². The van der Waals surface area contributed by atoms with E-state index in [9.17, 15) is 30.0 Å². The van der Waals surface area contributed by atoms with Gasteiger partial charge in [-0.2, -0.15) is 0 Å². The van der Waals surface area contributed by atoms with Crippen LogP contribution in [0.5, 0.6) is 17.2 Å². The molecule has 0 saturated heterocycles. The first-order valence-corrected chi connectivity index (χ1v) is 13.3. The van der Waals surface area contributed by atoms with E-state index >= 15 is 0 Å². The molecule has 0 aliphatic carbocycles. The second kappa shape index (κ2) is 11.1. The van der Waals surface area contributed by atoms with Gasteiger partial charge in [-0.1, -0.05) is 41.5 Å². The van der Waals surface area contributed by atoms with Gasteiger partial charge < -0.3 is 30.1 Å². The minimum atomic E-state index is -1.43. The van der Waals surface area contributed by atoms with Crippen LogP contribution in [-0.4, -0.2) is 48.9 Å². The molecule has 0 saturated carbocycles. The van der Waals surface area contributed by atoms with Gasteiger partial charge in [0.1, 0.15) is 22.8 Å². The van der Waals surface area contributed by atoms with Gasteiger partial charge in [0.2, 0.25) is 0 Å². The minimum Gasteiger partial charge on any atom is -0.508 e. The molecule has 8 heteroatoms. The number of hydrogen-bond acceptors (Lipinski definition) is 6. The van der Waals surface area contributed by atoms with Gasteiger partial charge in [0, 0.05) is 23.1 Å². The van der Waals surface area contributed by atoms with Crippen LogP contribution < -0.4 is 4.74 Å². The Morgan fingerprint density at radius 3 is 2.51 bits per heavy atom. The molecule has 1 amide bonds. The second-order valence-corrected chi connectivity index (χ2v) is 11.0. The number of hydrogen-bond donors (Lipinski definition) is 4. The Labute approximate surface area is 228 Å². The largest absolute Gasteiger partial charge is 0.508 e. The van der Waals surface area contributed by atoms with E-state index in [1.165, 1.54) is 29.3 Å². The van der Waals surface area contributed by atoms with E-state index in [-0.39, 0.29) is 35.6 Å². The molecule has 2 heterocycles. The number of carboxylic acids is 1. The number of amides is 1. The summed E-state index contributed by atoms with van der Waals surface area (Å²) in [4.78, 5) is 26.9. The summed E-state index contributed by atoms with van der Waals surface area (Å²) < 4.78 is 6.39. The first-order valence-electron chi connectivity index (χ1n) is 13.3. The standard InChI is InChI=1S/C31H37NO7/c1-18(2)9-7-10-19(3)11-8-14-31(4)26(35)16-22-25(34)15-21-23(28(22)39-31)17-32(29(21)36)27(30(37)38)20-12-5-6-13-24(20)33/h5-6,9,11-13,15,26-27,33-35H,7-8,10,14,16-17H2,1-4H3,(H,37,38). The Balaban J connectivity index is 1.60. The van der Waals surface area contributed by atoms with Gasteiger partial charge in [-0.25, -0.2) is 4.79 Å². The number of aromatic hydroxyl groups is 2. The Kier molecular flexibility index (Phi) is 8.07. The molecule has 4 N–H and O–H groups in total. The quantitative estimate of drug-likeness (QED) is 0.316. The van der Waals surface area contributed by atoms with Gasteiger partial charge in [0.25, 0.3) is 5.91 Å². The summed E-state index contributed by atoms with van der Waals surface area (Å²) in [6.45, 7) is 7.99.